The van der Waals surface area contributed by atoms with Crippen molar-refractivity contribution in [2.24, 2.45) is 0 Å². The Morgan fingerprint density at radius 2 is 1.90 bits per heavy atom. The predicted octanol–water partition coefficient (Wildman–Crippen LogP) is 4.20. The van der Waals surface area contributed by atoms with E-state index in [1.165, 1.54) is 18.2 Å². The lowest BCUT2D eigenvalue weighted by Crippen LogP contribution is -1.89. The minimum absolute atomic E-state index is 0.223. The lowest BCUT2D eigenvalue weighted by atomic mass is 10.0. The number of aliphatic hydroxyl groups excluding tert-OH is 1. The van der Waals surface area contributed by atoms with E-state index in [1.54, 1.807) is 18.2 Å². The molecule has 2 rings (SSSR count). The van der Waals surface area contributed by atoms with Gasteiger partial charge in [-0.2, -0.15) is 0 Å². The first-order chi connectivity index (χ1) is 10.1. The molecular weight excluding hydrogens is 274 g/mol. The highest BCUT2D eigenvalue weighted by Gasteiger charge is 2.03. The summed E-state index contributed by atoms with van der Waals surface area (Å²) in [6.07, 6.45) is 9.83. The van der Waals surface area contributed by atoms with Gasteiger partial charge in [-0.1, -0.05) is 18.2 Å². The van der Waals surface area contributed by atoms with Crippen LogP contribution in [-0.2, 0) is 6.42 Å². The molecular formula is C17H20F2O2. The van der Waals surface area contributed by atoms with Crippen LogP contribution in [0.2, 0.25) is 0 Å². The standard InChI is InChI=1S/C16H16F2O.CH4O/c17-14-7-2-1-4-12(10-14)5-3-6-13-8-9-16(19)15(18)11-13;1-2/h2,4,7-11,19H,1,3,5-6H2;2H,1H3. The van der Waals surface area contributed by atoms with Crippen LogP contribution in [0.3, 0.4) is 0 Å². The maximum Gasteiger partial charge on any atom is 0.165 e. The van der Waals surface area contributed by atoms with Gasteiger partial charge in [0.25, 0.3) is 0 Å². The van der Waals surface area contributed by atoms with Gasteiger partial charge in [0.1, 0.15) is 5.83 Å². The Morgan fingerprint density at radius 3 is 2.62 bits per heavy atom. The molecule has 0 amide bonds. The van der Waals surface area contributed by atoms with Crippen molar-refractivity contribution in [3.8, 4) is 5.75 Å². The molecule has 1 aromatic rings. The fourth-order valence-corrected chi connectivity index (χ4v) is 2.06. The molecule has 0 atom stereocenters. The molecule has 0 fully saturated rings. The van der Waals surface area contributed by atoms with Crippen LogP contribution < -0.4 is 0 Å². The summed E-state index contributed by atoms with van der Waals surface area (Å²) in [6.45, 7) is 0. The summed E-state index contributed by atoms with van der Waals surface area (Å²) in [4.78, 5) is 0. The Hall–Kier alpha value is -1.94. The van der Waals surface area contributed by atoms with Crippen LogP contribution in [0, 0.1) is 5.82 Å². The summed E-state index contributed by atoms with van der Waals surface area (Å²) >= 11 is 0. The van der Waals surface area contributed by atoms with Crippen molar-refractivity contribution in [2.45, 2.75) is 25.7 Å². The number of benzene rings is 1. The number of phenolic OH excluding ortho intramolecular Hbond substituents is 1. The van der Waals surface area contributed by atoms with Crippen molar-refractivity contribution in [1.29, 1.82) is 0 Å². The number of aliphatic hydroxyl groups is 1. The third kappa shape index (κ3) is 5.92. The average Bonchev–Trinajstić information content (AvgIpc) is 2.69. The summed E-state index contributed by atoms with van der Waals surface area (Å²) in [7, 11) is 1.00. The number of hydrogen-bond acceptors (Lipinski definition) is 2. The fourth-order valence-electron chi connectivity index (χ4n) is 2.06. The first-order valence-corrected chi connectivity index (χ1v) is 6.80. The van der Waals surface area contributed by atoms with Crippen LogP contribution in [0.5, 0.6) is 5.75 Å². The number of aryl methyl sites for hydroxylation is 1. The Kier molecular flexibility index (Phi) is 7.40. The van der Waals surface area contributed by atoms with Crippen molar-refractivity contribution >= 4 is 0 Å². The van der Waals surface area contributed by atoms with Gasteiger partial charge in [-0.25, -0.2) is 8.78 Å². The molecule has 1 aromatic carbocycles. The molecule has 0 heterocycles. The largest absolute Gasteiger partial charge is 0.505 e. The van der Waals surface area contributed by atoms with E-state index in [4.69, 9.17) is 10.2 Å². The third-order valence-corrected chi connectivity index (χ3v) is 3.06. The second kappa shape index (κ2) is 9.08. The Labute approximate surface area is 123 Å². The highest BCUT2D eigenvalue weighted by atomic mass is 19.1. The van der Waals surface area contributed by atoms with E-state index in [9.17, 15) is 8.78 Å². The topological polar surface area (TPSA) is 40.5 Å². The smallest absolute Gasteiger partial charge is 0.165 e. The molecule has 0 aromatic heterocycles. The molecule has 2 N–H and O–H groups in total. The number of phenols is 1. The van der Waals surface area contributed by atoms with E-state index in [2.05, 4.69) is 0 Å². The van der Waals surface area contributed by atoms with Crippen molar-refractivity contribution in [2.75, 3.05) is 7.11 Å². The van der Waals surface area contributed by atoms with Gasteiger partial charge in [-0.15, -0.1) is 0 Å². The van der Waals surface area contributed by atoms with Crippen molar-refractivity contribution < 1.29 is 19.0 Å². The first kappa shape index (κ1) is 17.1. The van der Waals surface area contributed by atoms with Crippen LogP contribution >= 0.6 is 0 Å². The molecule has 0 saturated carbocycles. The van der Waals surface area contributed by atoms with E-state index in [0.717, 1.165) is 37.5 Å². The number of rotatable bonds is 4. The van der Waals surface area contributed by atoms with Crippen LogP contribution in [0.1, 0.15) is 24.8 Å². The van der Waals surface area contributed by atoms with Gasteiger partial charge in [-0.05, 0) is 61.1 Å². The quantitative estimate of drug-likeness (QED) is 0.873. The zero-order valence-electron chi connectivity index (χ0n) is 12.0. The Balaban J connectivity index is 0.00000106. The monoisotopic (exact) mass is 294 g/mol. The number of allylic oxidation sites excluding steroid dienone is 6. The van der Waals surface area contributed by atoms with Crippen LogP contribution in [0.4, 0.5) is 8.78 Å². The molecule has 0 aliphatic heterocycles. The Morgan fingerprint density at radius 1 is 1.14 bits per heavy atom. The van der Waals surface area contributed by atoms with Gasteiger partial charge in [0, 0.05) is 7.11 Å². The molecule has 0 bridgehead atoms. The maximum atomic E-state index is 13.2. The summed E-state index contributed by atoms with van der Waals surface area (Å²) in [5.41, 5.74) is 1.81. The normalized spacial score (nSPS) is 13.7. The van der Waals surface area contributed by atoms with Crippen molar-refractivity contribution in [1.82, 2.24) is 0 Å². The van der Waals surface area contributed by atoms with E-state index in [-0.39, 0.29) is 11.6 Å². The minimum Gasteiger partial charge on any atom is -0.505 e. The molecule has 1 aliphatic carbocycles. The second-order valence-corrected chi connectivity index (χ2v) is 4.59. The van der Waals surface area contributed by atoms with Crippen LogP contribution in [0.15, 0.2) is 53.9 Å². The van der Waals surface area contributed by atoms with Gasteiger partial charge in [0.2, 0.25) is 0 Å². The lowest BCUT2D eigenvalue weighted by Gasteiger charge is -2.04. The van der Waals surface area contributed by atoms with Gasteiger partial charge >= 0.3 is 0 Å². The molecule has 0 unspecified atom stereocenters. The van der Waals surface area contributed by atoms with Crippen molar-refractivity contribution in [3.63, 3.8) is 0 Å². The summed E-state index contributed by atoms with van der Waals surface area (Å²) in [5.74, 6) is -1.15. The van der Waals surface area contributed by atoms with Gasteiger partial charge in [0.05, 0.1) is 0 Å². The number of halogens is 2. The summed E-state index contributed by atoms with van der Waals surface area (Å²) < 4.78 is 26.3. The van der Waals surface area contributed by atoms with E-state index < -0.39 is 5.82 Å². The fraction of sp³-hybridized carbons (Fsp3) is 0.294. The van der Waals surface area contributed by atoms with E-state index in [1.807, 2.05) is 6.08 Å². The van der Waals surface area contributed by atoms with Crippen LogP contribution in [-0.4, -0.2) is 17.3 Å². The highest BCUT2D eigenvalue weighted by Crippen LogP contribution is 2.20. The van der Waals surface area contributed by atoms with Gasteiger partial charge < -0.3 is 10.2 Å². The SMILES string of the molecule is CO.Oc1ccc(CCCC2=CCC=CC(F)=C2)cc1F. The number of hydrogen-bond donors (Lipinski definition) is 2. The lowest BCUT2D eigenvalue weighted by molar-refractivity contribution is 0.399. The summed E-state index contributed by atoms with van der Waals surface area (Å²) in [5, 5.41) is 16.1. The van der Waals surface area contributed by atoms with Gasteiger partial charge in [-0.3, -0.25) is 0 Å². The molecule has 114 valence electrons. The first-order valence-electron chi connectivity index (χ1n) is 6.80. The second-order valence-electron chi connectivity index (χ2n) is 4.59. The highest BCUT2D eigenvalue weighted by molar-refractivity contribution is 5.31. The zero-order valence-corrected chi connectivity index (χ0v) is 12.0. The molecule has 2 nitrogen and oxygen atoms in total. The van der Waals surface area contributed by atoms with Gasteiger partial charge in [0.15, 0.2) is 11.6 Å². The molecule has 21 heavy (non-hydrogen) atoms. The van der Waals surface area contributed by atoms with Crippen LogP contribution in [0.25, 0.3) is 0 Å². The predicted molar refractivity (Wildman–Crippen MR) is 80.2 cm³/mol. The molecule has 0 spiro atoms. The third-order valence-electron chi connectivity index (χ3n) is 3.06. The van der Waals surface area contributed by atoms with E-state index in [0.29, 0.717) is 6.42 Å². The summed E-state index contributed by atoms with van der Waals surface area (Å²) in [6, 6.07) is 4.41. The maximum absolute atomic E-state index is 13.2. The Bertz CT molecular complexity index is 546. The molecule has 0 radical (unpaired) electrons. The van der Waals surface area contributed by atoms with Crippen molar-refractivity contribution in [3.05, 3.63) is 65.3 Å². The molecule has 1 aliphatic rings. The average molecular weight is 294 g/mol. The molecule has 0 saturated heterocycles. The number of aromatic hydroxyl groups is 1. The minimum atomic E-state index is -0.596. The van der Waals surface area contributed by atoms with E-state index >= 15 is 0 Å². The molecule has 4 heteroatoms. The zero-order chi connectivity index (χ0) is 15.7.